The molecule has 152 valence electrons. The molecule has 2 heterocycles. The smallest absolute Gasteiger partial charge is 0.271 e. The summed E-state index contributed by atoms with van der Waals surface area (Å²) in [5.41, 5.74) is 0.898. The number of amides is 1. The quantitative estimate of drug-likeness (QED) is 0.534. The van der Waals surface area contributed by atoms with Crippen LogP contribution in [0.25, 0.3) is 5.69 Å². The third-order valence-corrected chi connectivity index (χ3v) is 4.89. The molecule has 0 radical (unpaired) electrons. The van der Waals surface area contributed by atoms with Crippen molar-refractivity contribution < 1.29 is 14.5 Å². The Bertz CT molecular complexity index is 797. The van der Waals surface area contributed by atoms with E-state index in [-0.39, 0.29) is 29.4 Å². The van der Waals surface area contributed by atoms with Gasteiger partial charge >= 0.3 is 0 Å². The van der Waals surface area contributed by atoms with Crippen LogP contribution in [0.2, 0.25) is 0 Å². The number of nitrogens with one attached hydrogen (secondary N) is 2. The van der Waals surface area contributed by atoms with E-state index in [9.17, 15) is 14.9 Å². The third-order valence-electron chi connectivity index (χ3n) is 4.89. The lowest BCUT2D eigenvalue weighted by atomic mass is 9.79. The van der Waals surface area contributed by atoms with Crippen LogP contribution in [0.5, 0.6) is 0 Å². The number of piperidine rings is 1. The van der Waals surface area contributed by atoms with E-state index < -0.39 is 4.92 Å². The summed E-state index contributed by atoms with van der Waals surface area (Å²) in [6.45, 7) is 2.96. The van der Waals surface area contributed by atoms with Gasteiger partial charge in [0.05, 0.1) is 17.2 Å². The van der Waals surface area contributed by atoms with Gasteiger partial charge in [-0.3, -0.25) is 14.9 Å². The minimum atomic E-state index is -0.456. The lowest BCUT2D eigenvalue weighted by molar-refractivity contribution is -0.384. The zero-order chi connectivity index (χ0) is 19.3. The molecule has 1 aromatic carbocycles. The highest BCUT2D eigenvalue weighted by Crippen LogP contribution is 2.28. The molecule has 2 aromatic rings. The molecular weight excluding hydrogens is 386 g/mol. The second-order valence-corrected chi connectivity index (χ2v) is 6.78. The summed E-state index contributed by atoms with van der Waals surface area (Å²) in [6.07, 6.45) is 3.54. The predicted octanol–water partition coefficient (Wildman–Crippen LogP) is 1.95. The standard InChI is InChI=1S/C18H23N5O4.ClH/c1-27-13-18(7-9-19-10-8-18)12-20-17(24)16-6-11-22(21-16)14-2-4-15(5-3-14)23(25)26;/h2-6,11,19H,7-10,12-13H2,1H3,(H,20,24);1H. The molecule has 0 atom stereocenters. The Labute approximate surface area is 169 Å². The maximum atomic E-state index is 12.5. The van der Waals surface area contributed by atoms with Gasteiger partial charge in [0.25, 0.3) is 11.6 Å². The van der Waals surface area contributed by atoms with Crippen LogP contribution in [0.4, 0.5) is 5.69 Å². The van der Waals surface area contributed by atoms with Crippen molar-refractivity contribution in [3.8, 4) is 5.69 Å². The first-order valence-corrected chi connectivity index (χ1v) is 8.81. The highest BCUT2D eigenvalue weighted by atomic mass is 35.5. The highest BCUT2D eigenvalue weighted by Gasteiger charge is 2.32. The fourth-order valence-electron chi connectivity index (χ4n) is 3.31. The minimum Gasteiger partial charge on any atom is -0.384 e. The van der Waals surface area contributed by atoms with Crippen molar-refractivity contribution in [3.05, 3.63) is 52.3 Å². The molecule has 0 saturated carbocycles. The van der Waals surface area contributed by atoms with Crippen LogP contribution >= 0.6 is 12.4 Å². The number of carbonyl (C=O) groups is 1. The van der Waals surface area contributed by atoms with Gasteiger partial charge in [0, 0.05) is 37.4 Å². The summed E-state index contributed by atoms with van der Waals surface area (Å²) in [5, 5.41) is 21.3. The van der Waals surface area contributed by atoms with E-state index in [4.69, 9.17) is 4.74 Å². The first-order chi connectivity index (χ1) is 13.0. The molecule has 1 saturated heterocycles. The van der Waals surface area contributed by atoms with Crippen LogP contribution in [0, 0.1) is 15.5 Å². The lowest BCUT2D eigenvalue weighted by Crippen LogP contribution is -2.47. The summed E-state index contributed by atoms with van der Waals surface area (Å²) < 4.78 is 6.89. The number of carbonyl (C=O) groups excluding carboxylic acids is 1. The number of benzene rings is 1. The van der Waals surface area contributed by atoms with Crippen LogP contribution in [0.1, 0.15) is 23.3 Å². The summed E-state index contributed by atoms with van der Waals surface area (Å²) in [6, 6.07) is 7.62. The maximum absolute atomic E-state index is 12.5. The molecule has 1 amide bonds. The average molecular weight is 410 g/mol. The number of hydrogen-bond donors (Lipinski definition) is 2. The second kappa shape index (κ2) is 9.63. The Hall–Kier alpha value is -2.49. The molecule has 1 aliphatic heterocycles. The van der Waals surface area contributed by atoms with Gasteiger partial charge in [0.1, 0.15) is 0 Å². The van der Waals surface area contributed by atoms with E-state index in [1.54, 1.807) is 31.5 Å². The van der Waals surface area contributed by atoms with Crippen molar-refractivity contribution >= 4 is 24.0 Å². The molecule has 0 bridgehead atoms. The van der Waals surface area contributed by atoms with Crippen molar-refractivity contribution in [1.82, 2.24) is 20.4 Å². The van der Waals surface area contributed by atoms with Gasteiger partial charge in [-0.2, -0.15) is 5.10 Å². The molecule has 3 rings (SSSR count). The van der Waals surface area contributed by atoms with Gasteiger partial charge in [-0.15, -0.1) is 12.4 Å². The summed E-state index contributed by atoms with van der Waals surface area (Å²) in [5.74, 6) is -0.246. The summed E-state index contributed by atoms with van der Waals surface area (Å²) >= 11 is 0. The Morgan fingerprint density at radius 3 is 2.61 bits per heavy atom. The zero-order valence-corrected chi connectivity index (χ0v) is 16.4. The van der Waals surface area contributed by atoms with Gasteiger partial charge in [-0.25, -0.2) is 4.68 Å². The van der Waals surface area contributed by atoms with Gasteiger partial charge in [0.15, 0.2) is 5.69 Å². The van der Waals surface area contributed by atoms with E-state index >= 15 is 0 Å². The number of hydrogen-bond acceptors (Lipinski definition) is 6. The molecule has 28 heavy (non-hydrogen) atoms. The largest absolute Gasteiger partial charge is 0.384 e. The van der Waals surface area contributed by atoms with Crippen molar-refractivity contribution in [3.63, 3.8) is 0 Å². The van der Waals surface area contributed by atoms with Gasteiger partial charge in [-0.1, -0.05) is 0 Å². The molecule has 1 aromatic heterocycles. The number of rotatable bonds is 7. The number of nitro groups is 1. The Kier molecular flexibility index (Phi) is 7.50. The number of ether oxygens (including phenoxy) is 1. The number of nitro benzene ring substituents is 1. The van der Waals surface area contributed by atoms with Crippen LogP contribution in [0.15, 0.2) is 36.5 Å². The van der Waals surface area contributed by atoms with Crippen molar-refractivity contribution in [2.75, 3.05) is 33.4 Å². The van der Waals surface area contributed by atoms with Crippen LogP contribution in [-0.2, 0) is 4.74 Å². The fraction of sp³-hybridized carbons (Fsp3) is 0.444. The van der Waals surface area contributed by atoms with Crippen LogP contribution in [0.3, 0.4) is 0 Å². The molecule has 10 heteroatoms. The number of halogens is 1. The number of methoxy groups -OCH3 is 1. The predicted molar refractivity (Wildman–Crippen MR) is 106 cm³/mol. The normalized spacial score (nSPS) is 15.5. The molecule has 0 aliphatic carbocycles. The van der Waals surface area contributed by atoms with E-state index in [1.165, 1.54) is 16.8 Å². The number of nitrogens with zero attached hydrogens (tertiary/aromatic N) is 3. The number of aromatic nitrogens is 2. The number of non-ortho nitro benzene ring substituents is 1. The van der Waals surface area contributed by atoms with E-state index in [2.05, 4.69) is 15.7 Å². The first kappa shape index (κ1) is 21.8. The summed E-state index contributed by atoms with van der Waals surface area (Å²) in [7, 11) is 1.68. The maximum Gasteiger partial charge on any atom is 0.271 e. The monoisotopic (exact) mass is 409 g/mol. The Morgan fingerprint density at radius 2 is 2.00 bits per heavy atom. The second-order valence-electron chi connectivity index (χ2n) is 6.78. The van der Waals surface area contributed by atoms with Crippen LogP contribution in [-0.4, -0.2) is 54.0 Å². The fourth-order valence-corrected chi connectivity index (χ4v) is 3.31. The molecule has 9 nitrogen and oxygen atoms in total. The molecule has 0 unspecified atom stereocenters. The molecule has 2 N–H and O–H groups in total. The van der Waals surface area contributed by atoms with Gasteiger partial charge in [0.2, 0.25) is 0 Å². The zero-order valence-electron chi connectivity index (χ0n) is 15.6. The molecular formula is C18H24ClN5O4. The van der Waals surface area contributed by atoms with Crippen molar-refractivity contribution in [2.24, 2.45) is 5.41 Å². The summed E-state index contributed by atoms with van der Waals surface area (Å²) in [4.78, 5) is 22.8. The Balaban J connectivity index is 0.00000280. The lowest BCUT2D eigenvalue weighted by Gasteiger charge is -2.37. The van der Waals surface area contributed by atoms with Crippen LogP contribution < -0.4 is 10.6 Å². The molecule has 1 fully saturated rings. The molecule has 1 aliphatic rings. The van der Waals surface area contributed by atoms with Gasteiger partial charge < -0.3 is 15.4 Å². The Morgan fingerprint density at radius 1 is 1.32 bits per heavy atom. The van der Waals surface area contributed by atoms with Gasteiger partial charge in [-0.05, 0) is 44.1 Å². The van der Waals surface area contributed by atoms with E-state index in [0.717, 1.165) is 25.9 Å². The third kappa shape index (κ3) is 5.06. The topological polar surface area (TPSA) is 111 Å². The van der Waals surface area contributed by atoms with Crippen molar-refractivity contribution in [2.45, 2.75) is 12.8 Å². The molecule has 0 spiro atoms. The average Bonchev–Trinajstić information content (AvgIpc) is 3.17. The highest BCUT2D eigenvalue weighted by molar-refractivity contribution is 5.92. The van der Waals surface area contributed by atoms with E-state index in [0.29, 0.717) is 24.5 Å². The SMILES string of the molecule is COCC1(CNC(=O)c2ccn(-c3ccc([N+](=O)[O-])cc3)n2)CCNCC1.Cl. The van der Waals surface area contributed by atoms with Crippen molar-refractivity contribution in [1.29, 1.82) is 0 Å². The van der Waals surface area contributed by atoms with E-state index in [1.807, 2.05) is 0 Å². The first-order valence-electron chi connectivity index (χ1n) is 8.81. The minimum absolute atomic E-state index is 0.